The molecule has 4 heteroatoms. The molecule has 0 aliphatic carbocycles. The Bertz CT molecular complexity index is 354. The minimum absolute atomic E-state index is 0.754. The van der Waals surface area contributed by atoms with E-state index in [0.29, 0.717) is 0 Å². The number of nitrogens with zero attached hydrogens (tertiary/aromatic N) is 1. The molecule has 0 bridgehead atoms. The first-order valence-corrected chi connectivity index (χ1v) is 6.17. The Morgan fingerprint density at radius 2 is 1.53 bits per heavy atom. The van der Waals surface area contributed by atoms with Crippen LogP contribution in [-0.2, 0) is 9.59 Å². The Balaban J connectivity index is 0.000000741. The molecule has 0 radical (unpaired) electrons. The van der Waals surface area contributed by atoms with E-state index in [9.17, 15) is 4.79 Å². The molecule has 104 valence electrons. The van der Waals surface area contributed by atoms with E-state index in [4.69, 9.17) is 9.59 Å². The third-order valence-corrected chi connectivity index (χ3v) is 3.18. The lowest BCUT2D eigenvalue weighted by atomic mass is 9.99. The van der Waals surface area contributed by atoms with Gasteiger partial charge in [-0.3, -0.25) is 4.79 Å². The topological polar surface area (TPSA) is 54.5 Å². The highest BCUT2D eigenvalue weighted by molar-refractivity contribution is 5.75. The summed E-state index contributed by atoms with van der Waals surface area (Å²) in [5, 5.41) is 0. The van der Waals surface area contributed by atoms with E-state index in [1.165, 1.54) is 18.5 Å². The maximum Gasteiger partial charge on any atom is 0.150 e. The van der Waals surface area contributed by atoms with E-state index in [-0.39, 0.29) is 0 Å². The van der Waals surface area contributed by atoms with Crippen molar-refractivity contribution in [2.24, 2.45) is 5.92 Å². The van der Waals surface area contributed by atoms with Crippen molar-refractivity contribution in [2.45, 2.75) is 19.8 Å². The molecule has 1 aliphatic rings. The molecule has 1 heterocycles. The summed E-state index contributed by atoms with van der Waals surface area (Å²) in [6.45, 7) is 8.59. The lowest BCUT2D eigenvalue weighted by Gasteiger charge is -2.32. The second-order valence-electron chi connectivity index (χ2n) is 4.38. The normalized spacial score (nSPS) is 14.5. The lowest BCUT2D eigenvalue weighted by Crippen LogP contribution is -2.32. The first kappa shape index (κ1) is 17.0. The van der Waals surface area contributed by atoms with Crippen molar-refractivity contribution in [2.75, 3.05) is 18.0 Å². The van der Waals surface area contributed by atoms with Gasteiger partial charge < -0.3 is 14.5 Å². The molecule has 2 rings (SSSR count). The van der Waals surface area contributed by atoms with Crippen LogP contribution >= 0.6 is 0 Å². The van der Waals surface area contributed by atoms with Crippen LogP contribution in [0.2, 0.25) is 0 Å². The Labute approximate surface area is 114 Å². The predicted octanol–water partition coefficient (Wildman–Crippen LogP) is 2.37. The van der Waals surface area contributed by atoms with Gasteiger partial charge in [0.25, 0.3) is 0 Å². The largest absolute Gasteiger partial charge is 0.372 e. The molecular formula is C15H21NO3. The van der Waals surface area contributed by atoms with Crippen molar-refractivity contribution in [3.63, 3.8) is 0 Å². The SMILES string of the molecule is C=O.C=O.CC1CCN(c2ccc(C=O)cc2)CC1. The van der Waals surface area contributed by atoms with Crippen molar-refractivity contribution in [1.82, 2.24) is 0 Å². The third kappa shape index (κ3) is 5.46. The minimum atomic E-state index is 0.754. The molecule has 1 aromatic carbocycles. The highest BCUT2D eigenvalue weighted by Crippen LogP contribution is 2.22. The summed E-state index contributed by atoms with van der Waals surface area (Å²) in [4.78, 5) is 28.9. The molecule has 1 aliphatic heterocycles. The Morgan fingerprint density at radius 1 is 1.05 bits per heavy atom. The number of aldehydes is 1. The fourth-order valence-corrected chi connectivity index (χ4v) is 2.03. The van der Waals surface area contributed by atoms with Crippen LogP contribution in [0.15, 0.2) is 24.3 Å². The van der Waals surface area contributed by atoms with Crippen LogP contribution in [0, 0.1) is 5.92 Å². The molecule has 0 unspecified atom stereocenters. The van der Waals surface area contributed by atoms with Crippen LogP contribution in [0.25, 0.3) is 0 Å². The number of anilines is 1. The number of rotatable bonds is 2. The molecule has 0 aromatic heterocycles. The van der Waals surface area contributed by atoms with Crippen LogP contribution in [0.1, 0.15) is 30.1 Å². The maximum atomic E-state index is 10.5. The number of carbonyl (C=O) groups is 3. The van der Waals surface area contributed by atoms with Crippen molar-refractivity contribution in [1.29, 1.82) is 0 Å². The summed E-state index contributed by atoms with van der Waals surface area (Å²) in [6.07, 6.45) is 3.44. The highest BCUT2D eigenvalue weighted by atomic mass is 16.1. The fraction of sp³-hybridized carbons (Fsp3) is 0.400. The van der Waals surface area contributed by atoms with Crippen molar-refractivity contribution in [3.8, 4) is 0 Å². The molecule has 0 atom stereocenters. The van der Waals surface area contributed by atoms with Gasteiger partial charge in [-0.1, -0.05) is 6.92 Å². The highest BCUT2D eigenvalue weighted by Gasteiger charge is 2.15. The Morgan fingerprint density at radius 3 is 1.95 bits per heavy atom. The zero-order valence-electron chi connectivity index (χ0n) is 11.4. The molecule has 0 spiro atoms. The molecular weight excluding hydrogens is 242 g/mol. The molecule has 1 fully saturated rings. The van der Waals surface area contributed by atoms with Gasteiger partial charge in [0, 0.05) is 24.3 Å². The van der Waals surface area contributed by atoms with Gasteiger partial charge in [0.15, 0.2) is 0 Å². The van der Waals surface area contributed by atoms with Crippen molar-refractivity contribution >= 4 is 25.6 Å². The van der Waals surface area contributed by atoms with Gasteiger partial charge in [-0.2, -0.15) is 0 Å². The first-order valence-electron chi connectivity index (χ1n) is 6.17. The van der Waals surface area contributed by atoms with Gasteiger partial charge in [-0.05, 0) is 43.0 Å². The number of hydrogen-bond donors (Lipinski definition) is 0. The summed E-state index contributed by atoms with van der Waals surface area (Å²) >= 11 is 0. The lowest BCUT2D eigenvalue weighted by molar-refractivity contribution is -0.0987. The van der Waals surface area contributed by atoms with E-state index < -0.39 is 0 Å². The van der Waals surface area contributed by atoms with Gasteiger partial charge in [-0.25, -0.2) is 0 Å². The summed E-state index contributed by atoms with van der Waals surface area (Å²) in [5.41, 5.74) is 2.00. The molecule has 19 heavy (non-hydrogen) atoms. The van der Waals surface area contributed by atoms with E-state index in [0.717, 1.165) is 30.9 Å². The molecule has 0 N–H and O–H groups in total. The van der Waals surface area contributed by atoms with Gasteiger partial charge in [0.2, 0.25) is 0 Å². The summed E-state index contributed by atoms with van der Waals surface area (Å²) in [5.74, 6) is 0.857. The minimum Gasteiger partial charge on any atom is -0.372 e. The molecule has 4 nitrogen and oxygen atoms in total. The quantitative estimate of drug-likeness (QED) is 0.769. The standard InChI is InChI=1S/C13H17NO.2CH2O/c1-11-6-8-14(9-7-11)13-4-2-12(10-15)3-5-13;2*1-2/h2-5,10-11H,6-9H2,1H3;2*1H2. The number of hydrogen-bond acceptors (Lipinski definition) is 4. The summed E-state index contributed by atoms with van der Waals surface area (Å²) in [6, 6.07) is 7.86. The van der Waals surface area contributed by atoms with E-state index >= 15 is 0 Å². The van der Waals surface area contributed by atoms with Crippen molar-refractivity contribution in [3.05, 3.63) is 29.8 Å². The second kappa shape index (κ2) is 10.00. The van der Waals surface area contributed by atoms with Crippen LogP contribution in [0.3, 0.4) is 0 Å². The third-order valence-electron chi connectivity index (χ3n) is 3.18. The summed E-state index contributed by atoms with van der Waals surface area (Å²) < 4.78 is 0. The number of carbonyl (C=O) groups excluding carboxylic acids is 3. The van der Waals surface area contributed by atoms with Crippen molar-refractivity contribution < 1.29 is 14.4 Å². The predicted molar refractivity (Wildman–Crippen MR) is 76.7 cm³/mol. The Hall–Kier alpha value is -1.97. The molecule has 1 saturated heterocycles. The van der Waals surface area contributed by atoms with Crippen LogP contribution < -0.4 is 4.90 Å². The summed E-state index contributed by atoms with van der Waals surface area (Å²) in [7, 11) is 0. The monoisotopic (exact) mass is 263 g/mol. The second-order valence-corrected chi connectivity index (χ2v) is 4.38. The average Bonchev–Trinajstić information content (AvgIpc) is 2.52. The van der Waals surface area contributed by atoms with Gasteiger partial charge in [0.05, 0.1) is 0 Å². The van der Waals surface area contributed by atoms with E-state index in [1.54, 1.807) is 0 Å². The number of benzene rings is 1. The van der Waals surface area contributed by atoms with E-state index in [1.807, 2.05) is 37.8 Å². The molecule has 0 saturated carbocycles. The van der Waals surface area contributed by atoms with Crippen LogP contribution in [0.4, 0.5) is 5.69 Å². The van der Waals surface area contributed by atoms with Gasteiger partial charge in [0.1, 0.15) is 19.9 Å². The first-order chi connectivity index (χ1) is 9.29. The van der Waals surface area contributed by atoms with Crippen LogP contribution in [-0.4, -0.2) is 33.0 Å². The van der Waals surface area contributed by atoms with Crippen LogP contribution in [0.5, 0.6) is 0 Å². The van der Waals surface area contributed by atoms with Gasteiger partial charge >= 0.3 is 0 Å². The zero-order chi connectivity index (χ0) is 14.7. The fourth-order valence-electron chi connectivity index (χ4n) is 2.03. The average molecular weight is 263 g/mol. The zero-order valence-corrected chi connectivity index (χ0v) is 11.4. The Kier molecular flexibility index (Phi) is 8.96. The molecule has 1 aromatic rings. The molecule has 0 amide bonds. The van der Waals surface area contributed by atoms with Gasteiger partial charge in [-0.15, -0.1) is 0 Å². The smallest absolute Gasteiger partial charge is 0.150 e. The number of piperidine rings is 1. The maximum absolute atomic E-state index is 10.5. The van der Waals surface area contributed by atoms with E-state index in [2.05, 4.69) is 11.8 Å².